The molecule has 0 fully saturated rings. The van der Waals surface area contributed by atoms with Crippen molar-refractivity contribution >= 4 is 23.7 Å². The van der Waals surface area contributed by atoms with Gasteiger partial charge in [-0.15, -0.1) is 23.7 Å². The van der Waals surface area contributed by atoms with E-state index >= 15 is 0 Å². The Balaban J connectivity index is 0.00000162. The molecule has 0 aliphatic heterocycles. The summed E-state index contributed by atoms with van der Waals surface area (Å²) in [4.78, 5) is 4.62. The van der Waals surface area contributed by atoms with Crippen molar-refractivity contribution < 1.29 is 0 Å². The number of nitrogens with zero attached hydrogens (tertiary/aromatic N) is 1. The lowest BCUT2D eigenvalue weighted by atomic mass is 9.98. The molecular weight excluding hydrogens is 264 g/mol. The average Bonchev–Trinajstić information content (AvgIpc) is 2.65. The molecule has 0 radical (unpaired) electrons. The van der Waals surface area contributed by atoms with Gasteiger partial charge < -0.3 is 5.73 Å². The van der Waals surface area contributed by atoms with Crippen LogP contribution in [0.5, 0.6) is 0 Å². The summed E-state index contributed by atoms with van der Waals surface area (Å²) in [5.41, 5.74) is 12.0. The van der Waals surface area contributed by atoms with Crippen molar-refractivity contribution in [3.05, 3.63) is 39.2 Å². The third kappa shape index (κ3) is 2.91. The van der Waals surface area contributed by atoms with Crippen LogP contribution in [0.3, 0.4) is 0 Å². The van der Waals surface area contributed by atoms with Crippen LogP contribution in [0.4, 0.5) is 0 Å². The first-order valence-electron chi connectivity index (χ1n) is 5.78. The number of hydrogen-bond acceptors (Lipinski definition) is 3. The van der Waals surface area contributed by atoms with Crippen LogP contribution in [0.15, 0.2) is 17.5 Å². The minimum atomic E-state index is 0. The summed E-state index contributed by atoms with van der Waals surface area (Å²) in [5, 5.41) is 3.10. The first kappa shape index (κ1) is 15.2. The quantitative estimate of drug-likeness (QED) is 0.897. The van der Waals surface area contributed by atoms with Gasteiger partial charge in [-0.2, -0.15) is 0 Å². The zero-order chi connectivity index (χ0) is 12.6. The smallest absolute Gasteiger partial charge is 0.110 e. The van der Waals surface area contributed by atoms with E-state index in [1.54, 1.807) is 11.3 Å². The molecule has 1 heterocycles. The van der Waals surface area contributed by atoms with Crippen LogP contribution in [0.25, 0.3) is 11.3 Å². The molecule has 2 N–H and O–H groups in total. The van der Waals surface area contributed by atoms with Gasteiger partial charge in [0.1, 0.15) is 5.01 Å². The number of aromatic nitrogens is 1. The summed E-state index contributed by atoms with van der Waals surface area (Å²) in [5.74, 6) is 0. The highest BCUT2D eigenvalue weighted by Crippen LogP contribution is 2.30. The predicted octanol–water partition coefficient (Wildman–Crippen LogP) is 4.18. The monoisotopic (exact) mass is 282 g/mol. The molecule has 0 bridgehead atoms. The summed E-state index contributed by atoms with van der Waals surface area (Å²) in [6, 6.07) is 4.42. The van der Waals surface area contributed by atoms with E-state index in [1.807, 2.05) is 6.92 Å². The van der Waals surface area contributed by atoms with Gasteiger partial charge in [0.2, 0.25) is 0 Å². The molecule has 0 amide bonds. The van der Waals surface area contributed by atoms with Gasteiger partial charge >= 0.3 is 0 Å². The molecule has 2 aromatic rings. The van der Waals surface area contributed by atoms with E-state index in [9.17, 15) is 0 Å². The van der Waals surface area contributed by atoms with Crippen molar-refractivity contribution in [3.8, 4) is 11.3 Å². The second-order valence-corrected chi connectivity index (χ2v) is 5.52. The van der Waals surface area contributed by atoms with Crippen LogP contribution in [0.2, 0.25) is 0 Å². The Morgan fingerprint density at radius 1 is 1.17 bits per heavy atom. The third-order valence-corrected chi connectivity index (χ3v) is 3.89. The Kier molecular flexibility index (Phi) is 4.91. The lowest BCUT2D eigenvalue weighted by Crippen LogP contribution is -2.04. The van der Waals surface area contributed by atoms with Gasteiger partial charge in [-0.05, 0) is 38.8 Å². The van der Waals surface area contributed by atoms with Gasteiger partial charge in [0.25, 0.3) is 0 Å². The van der Waals surface area contributed by atoms with E-state index in [1.165, 1.54) is 22.3 Å². The molecule has 4 heteroatoms. The zero-order valence-corrected chi connectivity index (χ0v) is 12.8. The van der Waals surface area contributed by atoms with Crippen LogP contribution in [0.1, 0.15) is 34.7 Å². The minimum absolute atomic E-state index is 0. The second kappa shape index (κ2) is 5.83. The summed E-state index contributed by atoms with van der Waals surface area (Å²) in [7, 11) is 0. The van der Waals surface area contributed by atoms with E-state index in [2.05, 4.69) is 43.3 Å². The highest BCUT2D eigenvalue weighted by molar-refractivity contribution is 7.10. The predicted molar refractivity (Wildman–Crippen MR) is 81.6 cm³/mol. The summed E-state index contributed by atoms with van der Waals surface area (Å²) >= 11 is 1.64. The maximum Gasteiger partial charge on any atom is 0.110 e. The molecule has 98 valence electrons. The van der Waals surface area contributed by atoms with Gasteiger partial charge in [0.15, 0.2) is 0 Å². The van der Waals surface area contributed by atoms with Crippen molar-refractivity contribution in [2.75, 3.05) is 0 Å². The van der Waals surface area contributed by atoms with Crippen LogP contribution in [-0.4, -0.2) is 4.98 Å². The maximum atomic E-state index is 5.85. The summed E-state index contributed by atoms with van der Waals surface area (Å²) in [6.45, 7) is 8.37. The highest BCUT2D eigenvalue weighted by Gasteiger charge is 2.12. The van der Waals surface area contributed by atoms with E-state index in [-0.39, 0.29) is 18.4 Å². The van der Waals surface area contributed by atoms with Gasteiger partial charge in [-0.25, -0.2) is 4.98 Å². The largest absolute Gasteiger partial charge is 0.322 e. The molecule has 2 rings (SSSR count). The van der Waals surface area contributed by atoms with E-state index in [4.69, 9.17) is 5.73 Å². The Bertz CT molecular complexity index is 523. The normalized spacial score (nSPS) is 12.1. The summed E-state index contributed by atoms with van der Waals surface area (Å²) in [6.07, 6.45) is 0. The fourth-order valence-corrected chi connectivity index (χ4v) is 2.96. The standard InChI is InChI=1S/C14H18N2S.ClH/c1-8-5-9(2)13(10(3)6-8)12-7-17-14(16-12)11(4)15;/h5-7,11H,15H2,1-4H3;1H. The van der Waals surface area contributed by atoms with Crippen LogP contribution in [-0.2, 0) is 0 Å². The van der Waals surface area contributed by atoms with E-state index < -0.39 is 0 Å². The van der Waals surface area contributed by atoms with Gasteiger partial charge in [-0.3, -0.25) is 0 Å². The van der Waals surface area contributed by atoms with Gasteiger partial charge in [0.05, 0.1) is 11.7 Å². The second-order valence-electron chi connectivity index (χ2n) is 4.63. The van der Waals surface area contributed by atoms with Crippen molar-refractivity contribution in [1.29, 1.82) is 0 Å². The van der Waals surface area contributed by atoms with Gasteiger partial charge in [0, 0.05) is 10.9 Å². The van der Waals surface area contributed by atoms with Crippen LogP contribution < -0.4 is 5.73 Å². The Hall–Kier alpha value is -0.900. The summed E-state index contributed by atoms with van der Waals surface area (Å²) < 4.78 is 0. The molecule has 0 saturated heterocycles. The van der Waals surface area contributed by atoms with Crippen molar-refractivity contribution in [3.63, 3.8) is 0 Å². The maximum absolute atomic E-state index is 5.85. The first-order valence-corrected chi connectivity index (χ1v) is 6.66. The molecule has 1 aromatic carbocycles. The molecule has 1 atom stereocenters. The minimum Gasteiger partial charge on any atom is -0.322 e. The molecule has 1 aromatic heterocycles. The number of nitrogens with two attached hydrogens (primary N) is 1. The fraction of sp³-hybridized carbons (Fsp3) is 0.357. The van der Waals surface area contributed by atoms with Crippen molar-refractivity contribution in [2.24, 2.45) is 5.73 Å². The van der Waals surface area contributed by atoms with E-state index in [0.29, 0.717) is 0 Å². The SMILES string of the molecule is Cc1cc(C)c(-c2csc(C(C)N)n2)c(C)c1.Cl. The fourth-order valence-electron chi connectivity index (χ4n) is 2.20. The lowest BCUT2D eigenvalue weighted by Gasteiger charge is -2.08. The van der Waals surface area contributed by atoms with Crippen LogP contribution >= 0.6 is 23.7 Å². The molecule has 0 aliphatic rings. The molecule has 0 aliphatic carbocycles. The number of rotatable bonds is 2. The number of benzene rings is 1. The molecule has 0 saturated carbocycles. The molecular formula is C14H19ClN2S. The first-order chi connectivity index (χ1) is 7.99. The van der Waals surface area contributed by atoms with Gasteiger partial charge in [-0.1, -0.05) is 17.7 Å². The molecule has 18 heavy (non-hydrogen) atoms. The number of aryl methyl sites for hydroxylation is 3. The van der Waals surface area contributed by atoms with E-state index in [0.717, 1.165) is 10.7 Å². The number of thiazole rings is 1. The Labute approximate surface area is 119 Å². The third-order valence-electron chi connectivity index (χ3n) is 2.84. The molecule has 2 nitrogen and oxygen atoms in total. The zero-order valence-electron chi connectivity index (χ0n) is 11.2. The lowest BCUT2D eigenvalue weighted by molar-refractivity contribution is 0.808. The molecule has 1 unspecified atom stereocenters. The average molecular weight is 283 g/mol. The number of halogens is 1. The topological polar surface area (TPSA) is 38.9 Å². The number of hydrogen-bond donors (Lipinski definition) is 1. The Morgan fingerprint density at radius 2 is 1.72 bits per heavy atom. The van der Waals surface area contributed by atoms with Crippen molar-refractivity contribution in [1.82, 2.24) is 4.98 Å². The highest BCUT2D eigenvalue weighted by atomic mass is 35.5. The van der Waals surface area contributed by atoms with Crippen molar-refractivity contribution in [2.45, 2.75) is 33.7 Å². The Morgan fingerprint density at radius 3 is 2.17 bits per heavy atom. The van der Waals surface area contributed by atoms with Crippen LogP contribution in [0, 0.1) is 20.8 Å². The molecule has 0 spiro atoms.